The van der Waals surface area contributed by atoms with E-state index in [4.69, 9.17) is 4.74 Å². The van der Waals surface area contributed by atoms with Crippen LogP contribution in [0.5, 0.6) is 0 Å². The molecule has 3 heterocycles. The number of carbonyl (C=O) groups excluding carboxylic acids is 3. The van der Waals surface area contributed by atoms with E-state index in [-0.39, 0.29) is 30.4 Å². The summed E-state index contributed by atoms with van der Waals surface area (Å²) in [6.45, 7) is 7.31. The predicted molar refractivity (Wildman–Crippen MR) is 123 cm³/mol. The van der Waals surface area contributed by atoms with Crippen LogP contribution in [0.1, 0.15) is 53.4 Å². The van der Waals surface area contributed by atoms with Crippen LogP contribution in [0.2, 0.25) is 0 Å². The summed E-state index contributed by atoms with van der Waals surface area (Å²) in [5, 5.41) is 15.9. The van der Waals surface area contributed by atoms with Gasteiger partial charge in [-0.25, -0.2) is 0 Å². The monoisotopic (exact) mass is 457 g/mol. The summed E-state index contributed by atoms with van der Waals surface area (Å²) in [5.41, 5.74) is -1.26. The molecule has 33 heavy (non-hydrogen) atoms. The molecule has 2 bridgehead atoms. The van der Waals surface area contributed by atoms with Gasteiger partial charge < -0.3 is 25.4 Å². The number of benzene rings is 1. The lowest BCUT2D eigenvalue weighted by Gasteiger charge is -2.36. The van der Waals surface area contributed by atoms with Crippen molar-refractivity contribution in [2.75, 3.05) is 11.9 Å². The molecule has 0 saturated carbocycles. The highest BCUT2D eigenvalue weighted by Crippen LogP contribution is 2.63. The fourth-order valence-corrected chi connectivity index (χ4v) is 6.19. The van der Waals surface area contributed by atoms with Crippen molar-refractivity contribution in [1.29, 1.82) is 0 Å². The van der Waals surface area contributed by atoms with Crippen molar-refractivity contribution >= 4 is 23.4 Å². The highest BCUT2D eigenvalue weighted by molar-refractivity contribution is 6.02. The molecular weight excluding hydrogens is 422 g/mol. The molecule has 0 radical (unpaired) electrons. The van der Waals surface area contributed by atoms with Gasteiger partial charge in [-0.15, -0.1) is 0 Å². The van der Waals surface area contributed by atoms with Gasteiger partial charge in [0.2, 0.25) is 17.7 Å². The first-order chi connectivity index (χ1) is 15.7. The topological polar surface area (TPSA) is 108 Å². The van der Waals surface area contributed by atoms with Crippen molar-refractivity contribution in [1.82, 2.24) is 10.2 Å². The smallest absolute Gasteiger partial charge is 0.246 e. The van der Waals surface area contributed by atoms with Crippen LogP contribution in [0.3, 0.4) is 0 Å². The van der Waals surface area contributed by atoms with Crippen LogP contribution in [0.4, 0.5) is 5.69 Å². The second kappa shape index (κ2) is 8.72. The molecule has 1 aromatic carbocycles. The average molecular weight is 458 g/mol. The van der Waals surface area contributed by atoms with Crippen LogP contribution in [0.25, 0.3) is 0 Å². The lowest BCUT2D eigenvalue weighted by molar-refractivity contribution is -0.148. The Labute approximate surface area is 195 Å². The van der Waals surface area contributed by atoms with Gasteiger partial charge in [0.15, 0.2) is 0 Å². The Morgan fingerprint density at radius 2 is 1.91 bits per heavy atom. The third kappa shape index (κ3) is 3.73. The third-order valence-electron chi connectivity index (χ3n) is 7.64. The van der Waals surface area contributed by atoms with E-state index in [1.54, 1.807) is 19.1 Å². The number of hydrogen-bond acceptors (Lipinski definition) is 5. The zero-order valence-corrected chi connectivity index (χ0v) is 19.8. The van der Waals surface area contributed by atoms with E-state index in [0.717, 1.165) is 12.8 Å². The maximum atomic E-state index is 13.8. The zero-order valence-electron chi connectivity index (χ0n) is 19.8. The van der Waals surface area contributed by atoms with Crippen LogP contribution in [0, 0.1) is 11.8 Å². The largest absolute Gasteiger partial charge is 0.394 e. The van der Waals surface area contributed by atoms with E-state index < -0.39 is 35.1 Å². The Morgan fingerprint density at radius 1 is 1.21 bits per heavy atom. The number of para-hydroxylation sites is 1. The second-order valence-corrected chi connectivity index (χ2v) is 10.1. The summed E-state index contributed by atoms with van der Waals surface area (Å²) in [6.07, 6.45) is 2.84. The van der Waals surface area contributed by atoms with Crippen molar-refractivity contribution in [2.24, 2.45) is 11.8 Å². The zero-order chi connectivity index (χ0) is 24.0. The molecule has 1 spiro atoms. The van der Waals surface area contributed by atoms with E-state index in [0.29, 0.717) is 18.5 Å². The standard InChI is InChI=1S/C25H35N3O5/c1-5-9-15(2)26-22(31)20-25-13-12-24(4,33-25)18(19(25)23(32)28(20)16(3)14-29)21(30)27-17-10-7-6-8-11-17/h6-8,10-11,15-16,18-20,29H,5,9,12-14H2,1-4H3,(H,26,31)(H,27,30)/t15?,16-,18-,19+,20?,24+,25?/m1/s1. The molecule has 4 rings (SSSR count). The number of ether oxygens (including phenoxy) is 1. The minimum atomic E-state index is -1.08. The number of nitrogens with zero attached hydrogens (tertiary/aromatic N) is 1. The quantitative estimate of drug-likeness (QED) is 0.554. The summed E-state index contributed by atoms with van der Waals surface area (Å²) in [4.78, 5) is 42.3. The number of nitrogens with one attached hydrogen (secondary N) is 2. The number of aliphatic hydroxyl groups excluding tert-OH is 1. The molecule has 1 aromatic rings. The van der Waals surface area contributed by atoms with Crippen LogP contribution < -0.4 is 10.6 Å². The molecule has 0 aliphatic carbocycles. The van der Waals surface area contributed by atoms with Gasteiger partial charge in [-0.05, 0) is 52.2 Å². The van der Waals surface area contributed by atoms with Crippen molar-refractivity contribution < 1.29 is 24.2 Å². The Morgan fingerprint density at radius 3 is 2.55 bits per heavy atom. The van der Waals surface area contributed by atoms with Gasteiger partial charge in [-0.3, -0.25) is 14.4 Å². The first-order valence-corrected chi connectivity index (χ1v) is 12.0. The van der Waals surface area contributed by atoms with Crippen molar-refractivity contribution in [3.63, 3.8) is 0 Å². The van der Waals surface area contributed by atoms with Crippen molar-refractivity contribution in [3.8, 4) is 0 Å². The maximum absolute atomic E-state index is 13.8. The minimum absolute atomic E-state index is 0.0503. The number of likely N-dealkylation sites (tertiary alicyclic amines) is 1. The average Bonchev–Trinajstić information content (AvgIpc) is 3.34. The number of rotatable bonds is 8. The molecule has 180 valence electrons. The maximum Gasteiger partial charge on any atom is 0.246 e. The second-order valence-electron chi connectivity index (χ2n) is 10.1. The Bertz CT molecular complexity index is 924. The highest BCUT2D eigenvalue weighted by Gasteiger charge is 2.78. The molecule has 3 aliphatic rings. The molecular formula is C25H35N3O5. The fraction of sp³-hybridized carbons (Fsp3) is 0.640. The summed E-state index contributed by atoms with van der Waals surface area (Å²) in [5.74, 6) is -2.35. The molecule has 8 nitrogen and oxygen atoms in total. The van der Waals surface area contributed by atoms with Gasteiger partial charge >= 0.3 is 0 Å². The SMILES string of the molecule is CCCC(C)NC(=O)C1N([C@H](C)CO)C(=O)[C@@H]2[C@H](C(=O)Nc3ccccc3)[C@]3(C)CCC12O3. The number of aliphatic hydroxyl groups is 1. The molecule has 3 saturated heterocycles. The molecule has 3 N–H and O–H groups in total. The van der Waals surface area contributed by atoms with Gasteiger partial charge in [0.05, 0.1) is 30.1 Å². The Balaban J connectivity index is 1.70. The molecule has 3 amide bonds. The number of anilines is 1. The molecule has 3 unspecified atom stereocenters. The summed E-state index contributed by atoms with van der Waals surface area (Å²) < 4.78 is 6.55. The van der Waals surface area contributed by atoms with E-state index in [1.807, 2.05) is 32.0 Å². The Kier molecular flexibility index (Phi) is 6.26. The molecule has 7 atom stereocenters. The molecule has 3 fully saturated rings. The number of fused-ring (bicyclic) bond motifs is 1. The highest BCUT2D eigenvalue weighted by atomic mass is 16.5. The predicted octanol–water partition coefficient (Wildman–Crippen LogP) is 2.08. The van der Waals surface area contributed by atoms with Gasteiger partial charge in [-0.1, -0.05) is 31.5 Å². The van der Waals surface area contributed by atoms with E-state index >= 15 is 0 Å². The van der Waals surface area contributed by atoms with Crippen LogP contribution in [0.15, 0.2) is 30.3 Å². The van der Waals surface area contributed by atoms with E-state index in [1.165, 1.54) is 4.90 Å². The number of carbonyl (C=O) groups is 3. The van der Waals surface area contributed by atoms with Crippen molar-refractivity contribution in [3.05, 3.63) is 30.3 Å². The number of amides is 3. The first kappa shape index (κ1) is 23.7. The molecule has 3 aliphatic heterocycles. The minimum Gasteiger partial charge on any atom is -0.394 e. The van der Waals surface area contributed by atoms with Crippen LogP contribution in [-0.2, 0) is 19.1 Å². The fourth-order valence-electron chi connectivity index (χ4n) is 6.19. The van der Waals surface area contributed by atoms with E-state index in [2.05, 4.69) is 17.6 Å². The lowest BCUT2D eigenvalue weighted by atomic mass is 9.66. The van der Waals surface area contributed by atoms with Gasteiger partial charge in [0.1, 0.15) is 11.6 Å². The van der Waals surface area contributed by atoms with E-state index in [9.17, 15) is 19.5 Å². The summed E-state index contributed by atoms with van der Waals surface area (Å²) >= 11 is 0. The first-order valence-electron chi connectivity index (χ1n) is 12.0. The van der Waals surface area contributed by atoms with Crippen molar-refractivity contribution in [2.45, 2.75) is 82.7 Å². The Hall–Kier alpha value is -2.45. The van der Waals surface area contributed by atoms with Gasteiger partial charge in [-0.2, -0.15) is 0 Å². The lowest BCUT2D eigenvalue weighted by Crippen LogP contribution is -2.58. The van der Waals surface area contributed by atoms with Gasteiger partial charge in [0.25, 0.3) is 0 Å². The van der Waals surface area contributed by atoms with Gasteiger partial charge in [0, 0.05) is 11.7 Å². The third-order valence-corrected chi connectivity index (χ3v) is 7.64. The van der Waals surface area contributed by atoms with Crippen LogP contribution >= 0.6 is 0 Å². The molecule has 0 aromatic heterocycles. The normalized spacial score (nSPS) is 34.2. The molecule has 8 heteroatoms. The summed E-state index contributed by atoms with van der Waals surface area (Å²) in [6, 6.07) is 7.63. The number of hydrogen-bond donors (Lipinski definition) is 3. The summed E-state index contributed by atoms with van der Waals surface area (Å²) in [7, 11) is 0. The van der Waals surface area contributed by atoms with Crippen LogP contribution in [-0.4, -0.2) is 63.7 Å².